The summed E-state index contributed by atoms with van der Waals surface area (Å²) in [6, 6.07) is 2.62. The highest BCUT2D eigenvalue weighted by atomic mass is 79.9. The number of aliphatic hydroxyl groups excluding tert-OH is 3. The van der Waals surface area contributed by atoms with Crippen LogP contribution >= 0.6 is 43.5 Å². The van der Waals surface area contributed by atoms with Crippen LogP contribution in [0.25, 0.3) is 0 Å². The SMILES string of the molecule is O=[N+]([O-])c1cc(Br)cnc1Cl.O=[N+]([O-])c1cc(Br)cnc1OCCCO.OCCCO. The minimum atomic E-state index is -0.583. The number of halogens is 3. The molecule has 3 N–H and O–H groups in total. The smallest absolute Gasteiger partial charge is 0.332 e. The third kappa shape index (κ3) is 12.5. The maximum atomic E-state index is 10.6. The number of aromatic nitrogens is 2. The van der Waals surface area contributed by atoms with Gasteiger partial charge in [0.15, 0.2) is 0 Å². The summed E-state index contributed by atoms with van der Waals surface area (Å²) >= 11 is 11.5. The fourth-order valence-corrected chi connectivity index (χ4v) is 2.31. The minimum absolute atomic E-state index is 0.0235. The van der Waals surface area contributed by atoms with E-state index in [1.807, 2.05) is 0 Å². The second kappa shape index (κ2) is 16.7. The number of ether oxygens (including phenoxy) is 1. The summed E-state index contributed by atoms with van der Waals surface area (Å²) in [7, 11) is 0. The second-order valence-electron chi connectivity index (χ2n) is 5.18. The normalized spacial score (nSPS) is 9.61. The van der Waals surface area contributed by atoms with Crippen LogP contribution in [0.5, 0.6) is 5.88 Å². The van der Waals surface area contributed by atoms with E-state index in [0.29, 0.717) is 21.8 Å². The van der Waals surface area contributed by atoms with Crippen molar-refractivity contribution >= 4 is 54.8 Å². The number of pyridine rings is 2. The van der Waals surface area contributed by atoms with Crippen LogP contribution in [0.4, 0.5) is 11.4 Å². The lowest BCUT2D eigenvalue weighted by Gasteiger charge is -2.04. The van der Waals surface area contributed by atoms with Crippen LogP contribution in [0.1, 0.15) is 12.8 Å². The molecule has 15 heteroatoms. The van der Waals surface area contributed by atoms with Gasteiger partial charge < -0.3 is 20.1 Å². The summed E-state index contributed by atoms with van der Waals surface area (Å²) in [6.07, 6.45) is 3.73. The molecule has 2 rings (SSSR count). The van der Waals surface area contributed by atoms with E-state index in [4.69, 9.17) is 31.7 Å². The Morgan fingerprint density at radius 1 is 0.903 bits per heavy atom. The molecule has 0 atom stereocenters. The highest BCUT2D eigenvalue weighted by Gasteiger charge is 2.17. The molecule has 0 aromatic carbocycles. The van der Waals surface area contributed by atoms with E-state index in [9.17, 15) is 20.2 Å². The molecule has 0 aliphatic rings. The van der Waals surface area contributed by atoms with Gasteiger partial charge >= 0.3 is 11.4 Å². The Kier molecular flexibility index (Phi) is 15.6. The lowest BCUT2D eigenvalue weighted by Crippen LogP contribution is -2.03. The summed E-state index contributed by atoms with van der Waals surface area (Å²) in [4.78, 5) is 27.1. The zero-order valence-electron chi connectivity index (χ0n) is 15.9. The molecule has 0 radical (unpaired) electrons. The monoisotopic (exact) mass is 588 g/mol. The standard InChI is InChI=1S/C8H9BrN2O4.C5H2BrClN2O2.C3H8O2/c9-6-4-7(11(13)14)8(10-5-6)15-3-1-2-12;6-3-1-4(9(10)11)5(7)8-2-3;4-2-1-3-5/h4-5,12H,1-3H2;1-2H;4-5H,1-3H2. The summed E-state index contributed by atoms with van der Waals surface area (Å²) in [5.74, 6) is -0.0309. The average molecular weight is 591 g/mol. The molecular formula is C16H19Br2ClN4O8. The van der Waals surface area contributed by atoms with Gasteiger partial charge in [0.25, 0.3) is 5.88 Å². The lowest BCUT2D eigenvalue weighted by atomic mass is 10.4. The van der Waals surface area contributed by atoms with Crippen molar-refractivity contribution in [1.82, 2.24) is 9.97 Å². The van der Waals surface area contributed by atoms with Crippen molar-refractivity contribution in [3.63, 3.8) is 0 Å². The first-order valence-corrected chi connectivity index (χ1v) is 10.3. The second-order valence-corrected chi connectivity index (χ2v) is 7.37. The third-order valence-electron chi connectivity index (χ3n) is 2.84. The van der Waals surface area contributed by atoms with E-state index in [2.05, 4.69) is 41.8 Å². The highest BCUT2D eigenvalue weighted by Crippen LogP contribution is 2.27. The zero-order chi connectivity index (χ0) is 23.8. The van der Waals surface area contributed by atoms with Crippen molar-refractivity contribution in [2.75, 3.05) is 26.4 Å². The average Bonchev–Trinajstić information content (AvgIpc) is 2.72. The molecule has 2 heterocycles. The molecule has 0 bridgehead atoms. The van der Waals surface area contributed by atoms with Gasteiger partial charge in [-0.15, -0.1) is 0 Å². The summed E-state index contributed by atoms with van der Waals surface area (Å²) in [5.41, 5.74) is -0.386. The summed E-state index contributed by atoms with van der Waals surface area (Å²) < 4.78 is 6.11. The molecule has 0 aliphatic carbocycles. The molecule has 2 aromatic rings. The van der Waals surface area contributed by atoms with Crippen molar-refractivity contribution in [2.45, 2.75) is 12.8 Å². The molecule has 0 spiro atoms. The van der Waals surface area contributed by atoms with E-state index in [1.54, 1.807) is 0 Å². The highest BCUT2D eigenvalue weighted by molar-refractivity contribution is 9.10. The molecule has 172 valence electrons. The Balaban J connectivity index is 0.000000492. The van der Waals surface area contributed by atoms with Crippen LogP contribution in [-0.4, -0.2) is 61.6 Å². The number of hydrogen-bond acceptors (Lipinski definition) is 10. The van der Waals surface area contributed by atoms with Gasteiger partial charge in [-0.05, 0) is 38.3 Å². The van der Waals surface area contributed by atoms with E-state index in [-0.39, 0.29) is 48.8 Å². The van der Waals surface area contributed by atoms with Gasteiger partial charge in [0.2, 0.25) is 5.15 Å². The van der Waals surface area contributed by atoms with Crippen molar-refractivity contribution in [2.24, 2.45) is 0 Å². The Morgan fingerprint density at radius 3 is 1.81 bits per heavy atom. The lowest BCUT2D eigenvalue weighted by molar-refractivity contribution is -0.386. The van der Waals surface area contributed by atoms with E-state index in [1.165, 1.54) is 24.5 Å². The fourth-order valence-electron chi connectivity index (χ4n) is 1.50. The topological polar surface area (TPSA) is 182 Å². The van der Waals surface area contributed by atoms with Gasteiger partial charge in [0.1, 0.15) is 0 Å². The quantitative estimate of drug-likeness (QED) is 0.179. The molecule has 0 unspecified atom stereocenters. The molecule has 0 saturated heterocycles. The maximum absolute atomic E-state index is 10.6. The van der Waals surface area contributed by atoms with E-state index >= 15 is 0 Å². The number of aliphatic hydroxyl groups is 3. The van der Waals surface area contributed by atoms with Crippen LogP contribution < -0.4 is 4.74 Å². The molecule has 12 nitrogen and oxygen atoms in total. The van der Waals surface area contributed by atoms with Gasteiger partial charge in [0.05, 0.1) is 16.5 Å². The Bertz CT molecular complexity index is 845. The molecule has 31 heavy (non-hydrogen) atoms. The molecule has 0 fully saturated rings. The molecule has 0 amide bonds. The maximum Gasteiger partial charge on any atom is 0.332 e. The predicted molar refractivity (Wildman–Crippen MR) is 118 cm³/mol. The summed E-state index contributed by atoms with van der Waals surface area (Å²) in [5, 5.41) is 45.1. The molecule has 2 aromatic heterocycles. The van der Waals surface area contributed by atoms with Crippen LogP contribution in [0.2, 0.25) is 5.15 Å². The fraction of sp³-hybridized carbons (Fsp3) is 0.375. The van der Waals surface area contributed by atoms with Gasteiger partial charge in [-0.1, -0.05) is 11.6 Å². The van der Waals surface area contributed by atoms with Crippen LogP contribution in [0.15, 0.2) is 33.5 Å². The van der Waals surface area contributed by atoms with E-state index in [0.717, 1.165) is 0 Å². The Hall–Kier alpha value is -1.97. The van der Waals surface area contributed by atoms with Crippen molar-refractivity contribution in [3.05, 3.63) is 58.9 Å². The Labute approximate surface area is 198 Å². The first kappa shape index (κ1) is 29.0. The first-order valence-electron chi connectivity index (χ1n) is 8.38. The Morgan fingerprint density at radius 2 is 1.39 bits per heavy atom. The number of nitrogens with zero attached hydrogens (tertiary/aromatic N) is 4. The van der Waals surface area contributed by atoms with Crippen LogP contribution in [-0.2, 0) is 0 Å². The third-order valence-corrected chi connectivity index (χ3v) is 4.00. The first-order chi connectivity index (χ1) is 14.7. The van der Waals surface area contributed by atoms with Gasteiger partial charge in [-0.25, -0.2) is 9.97 Å². The van der Waals surface area contributed by atoms with E-state index < -0.39 is 9.85 Å². The van der Waals surface area contributed by atoms with Gasteiger partial charge in [-0.2, -0.15) is 0 Å². The minimum Gasteiger partial charge on any atom is -0.473 e. The number of hydrogen-bond donors (Lipinski definition) is 3. The van der Waals surface area contributed by atoms with Gasteiger partial charge in [0, 0.05) is 59.7 Å². The van der Waals surface area contributed by atoms with Crippen molar-refractivity contribution in [1.29, 1.82) is 0 Å². The number of rotatable bonds is 8. The largest absolute Gasteiger partial charge is 0.473 e. The van der Waals surface area contributed by atoms with Crippen molar-refractivity contribution < 1.29 is 29.9 Å². The summed E-state index contributed by atoms with van der Waals surface area (Å²) in [6.45, 7) is 0.364. The van der Waals surface area contributed by atoms with Crippen molar-refractivity contribution in [3.8, 4) is 5.88 Å². The zero-order valence-corrected chi connectivity index (χ0v) is 19.8. The van der Waals surface area contributed by atoms with Crippen LogP contribution in [0.3, 0.4) is 0 Å². The van der Waals surface area contributed by atoms with Gasteiger partial charge in [-0.3, -0.25) is 20.2 Å². The molecule has 0 aliphatic heterocycles. The molecule has 0 saturated carbocycles. The molecular weight excluding hydrogens is 571 g/mol. The van der Waals surface area contributed by atoms with Crippen LogP contribution in [0, 0.1) is 20.2 Å². The number of nitro groups is 2. The predicted octanol–water partition coefficient (Wildman–Crippen LogP) is 3.28.